The molecular weight excluding hydrogens is 245 g/mol. The topological polar surface area (TPSA) is 52.3 Å². The molecule has 0 heterocycles. The van der Waals surface area contributed by atoms with Crippen molar-refractivity contribution in [3.8, 4) is 5.75 Å². The number of Topliss-reactive ketones (excluding diaryl/α,β-unsaturated/α-hetero) is 1. The lowest BCUT2D eigenvalue weighted by atomic mass is 9.82. The van der Waals surface area contributed by atoms with Crippen LogP contribution in [0.15, 0.2) is 18.2 Å². The Balaban J connectivity index is 2.03. The third-order valence-electron chi connectivity index (χ3n) is 3.86. The fraction of sp³-hybridized carbons (Fsp3) is 0.533. The van der Waals surface area contributed by atoms with E-state index in [0.29, 0.717) is 5.56 Å². The molecule has 0 unspecified atom stereocenters. The Labute approximate surface area is 112 Å². The van der Waals surface area contributed by atoms with E-state index >= 15 is 0 Å². The summed E-state index contributed by atoms with van der Waals surface area (Å²) in [5.41, 5.74) is 6.24. The molecule has 2 rings (SSSR count). The van der Waals surface area contributed by atoms with Gasteiger partial charge in [-0.2, -0.15) is 0 Å². The molecule has 0 radical (unpaired) electrons. The van der Waals surface area contributed by atoms with E-state index in [-0.39, 0.29) is 29.9 Å². The van der Waals surface area contributed by atoms with E-state index in [2.05, 4.69) is 0 Å². The third kappa shape index (κ3) is 3.32. The molecule has 1 aromatic carbocycles. The van der Waals surface area contributed by atoms with Gasteiger partial charge in [-0.25, -0.2) is 4.39 Å². The van der Waals surface area contributed by atoms with Gasteiger partial charge >= 0.3 is 0 Å². The molecule has 0 aromatic heterocycles. The molecule has 0 spiro atoms. The minimum atomic E-state index is -0.425. The molecular formula is C15H20FNO2. The second-order valence-corrected chi connectivity index (χ2v) is 5.19. The van der Waals surface area contributed by atoms with Crippen LogP contribution >= 0.6 is 0 Å². The summed E-state index contributed by atoms with van der Waals surface area (Å²) < 4.78 is 18.9. The smallest absolute Gasteiger partial charge is 0.168 e. The van der Waals surface area contributed by atoms with E-state index in [1.165, 1.54) is 7.11 Å². The number of methoxy groups -OCH3 is 1. The highest BCUT2D eigenvalue weighted by Gasteiger charge is 2.25. The molecule has 2 N–H and O–H groups in total. The standard InChI is InChI=1S/C15H20FNO2/c1-19-14-4-2-3-11(15(14)16)9-13(18)10-5-7-12(17)8-6-10/h2-4,10,12H,5-9,17H2,1H3. The maximum Gasteiger partial charge on any atom is 0.168 e. The van der Waals surface area contributed by atoms with Crippen molar-refractivity contribution in [2.45, 2.75) is 38.1 Å². The molecule has 0 amide bonds. The molecule has 1 aliphatic rings. The first kappa shape index (κ1) is 14.0. The summed E-state index contributed by atoms with van der Waals surface area (Å²) >= 11 is 0. The van der Waals surface area contributed by atoms with Crippen LogP contribution in [0, 0.1) is 11.7 Å². The number of carbonyl (C=O) groups excluding carboxylic acids is 1. The molecule has 0 aliphatic heterocycles. The maximum absolute atomic E-state index is 14.0. The van der Waals surface area contributed by atoms with E-state index in [0.717, 1.165) is 25.7 Å². The van der Waals surface area contributed by atoms with Gasteiger partial charge in [-0.15, -0.1) is 0 Å². The fourth-order valence-electron chi connectivity index (χ4n) is 2.62. The zero-order valence-corrected chi connectivity index (χ0v) is 11.2. The Bertz CT molecular complexity index is 453. The average molecular weight is 265 g/mol. The summed E-state index contributed by atoms with van der Waals surface area (Å²) in [6.07, 6.45) is 3.56. The van der Waals surface area contributed by atoms with Crippen molar-refractivity contribution in [1.82, 2.24) is 0 Å². The van der Waals surface area contributed by atoms with Gasteiger partial charge < -0.3 is 10.5 Å². The lowest BCUT2D eigenvalue weighted by molar-refractivity contribution is -0.123. The van der Waals surface area contributed by atoms with E-state index in [1.54, 1.807) is 18.2 Å². The molecule has 1 aliphatic carbocycles. The van der Waals surface area contributed by atoms with Gasteiger partial charge in [-0.3, -0.25) is 4.79 Å². The van der Waals surface area contributed by atoms with Gasteiger partial charge in [0.1, 0.15) is 5.78 Å². The van der Waals surface area contributed by atoms with Gasteiger partial charge in [0.25, 0.3) is 0 Å². The molecule has 1 saturated carbocycles. The number of nitrogens with two attached hydrogens (primary N) is 1. The van der Waals surface area contributed by atoms with Gasteiger partial charge in [0, 0.05) is 18.4 Å². The predicted molar refractivity (Wildman–Crippen MR) is 71.6 cm³/mol. The van der Waals surface area contributed by atoms with Crippen molar-refractivity contribution < 1.29 is 13.9 Å². The van der Waals surface area contributed by atoms with Crippen LogP contribution in [-0.2, 0) is 11.2 Å². The number of hydrogen-bond donors (Lipinski definition) is 1. The van der Waals surface area contributed by atoms with Crippen LogP contribution in [0.2, 0.25) is 0 Å². The summed E-state index contributed by atoms with van der Waals surface area (Å²) in [5.74, 6) is -0.0914. The monoisotopic (exact) mass is 265 g/mol. The SMILES string of the molecule is COc1cccc(CC(=O)C2CCC(N)CC2)c1F. The number of ether oxygens (including phenoxy) is 1. The summed E-state index contributed by atoms with van der Waals surface area (Å²) in [7, 11) is 1.42. The second-order valence-electron chi connectivity index (χ2n) is 5.19. The Kier molecular flexibility index (Phi) is 4.53. The first-order valence-corrected chi connectivity index (χ1v) is 6.71. The highest BCUT2D eigenvalue weighted by atomic mass is 19.1. The van der Waals surface area contributed by atoms with Crippen LogP contribution in [0.5, 0.6) is 5.75 Å². The number of ketones is 1. The normalized spacial score (nSPS) is 23.1. The lowest BCUT2D eigenvalue weighted by Crippen LogP contribution is -2.30. The minimum Gasteiger partial charge on any atom is -0.494 e. The molecule has 4 heteroatoms. The zero-order valence-electron chi connectivity index (χ0n) is 11.2. The quantitative estimate of drug-likeness (QED) is 0.909. The van der Waals surface area contributed by atoms with Crippen LogP contribution in [0.25, 0.3) is 0 Å². The zero-order chi connectivity index (χ0) is 13.8. The van der Waals surface area contributed by atoms with Gasteiger partial charge in [-0.1, -0.05) is 12.1 Å². The average Bonchev–Trinajstić information content (AvgIpc) is 2.42. The van der Waals surface area contributed by atoms with Crippen molar-refractivity contribution in [2.75, 3.05) is 7.11 Å². The van der Waals surface area contributed by atoms with Crippen molar-refractivity contribution in [2.24, 2.45) is 11.7 Å². The molecule has 3 nitrogen and oxygen atoms in total. The van der Waals surface area contributed by atoms with Crippen LogP contribution < -0.4 is 10.5 Å². The predicted octanol–water partition coefficient (Wildman–Crippen LogP) is 2.46. The highest BCUT2D eigenvalue weighted by molar-refractivity contribution is 5.83. The molecule has 19 heavy (non-hydrogen) atoms. The van der Waals surface area contributed by atoms with Crippen molar-refractivity contribution in [3.05, 3.63) is 29.6 Å². The molecule has 1 aromatic rings. The second kappa shape index (κ2) is 6.15. The van der Waals surface area contributed by atoms with Crippen LogP contribution in [-0.4, -0.2) is 18.9 Å². The lowest BCUT2D eigenvalue weighted by Gasteiger charge is -2.25. The minimum absolute atomic E-state index is 0.0328. The van der Waals surface area contributed by atoms with E-state index in [1.807, 2.05) is 0 Å². The first-order chi connectivity index (χ1) is 9.11. The molecule has 0 saturated heterocycles. The summed E-state index contributed by atoms with van der Waals surface area (Å²) in [4.78, 5) is 12.2. The van der Waals surface area contributed by atoms with Gasteiger partial charge in [0.15, 0.2) is 11.6 Å². The highest BCUT2D eigenvalue weighted by Crippen LogP contribution is 2.27. The Hall–Kier alpha value is -1.42. The Morgan fingerprint density at radius 1 is 1.37 bits per heavy atom. The Morgan fingerprint density at radius 2 is 2.05 bits per heavy atom. The number of rotatable bonds is 4. The number of carbonyl (C=O) groups is 1. The summed E-state index contributed by atoms with van der Waals surface area (Å²) in [6, 6.07) is 5.13. The van der Waals surface area contributed by atoms with Gasteiger partial charge in [-0.05, 0) is 37.3 Å². The Morgan fingerprint density at radius 3 is 2.68 bits per heavy atom. The van der Waals surface area contributed by atoms with Crippen LogP contribution in [0.1, 0.15) is 31.2 Å². The summed E-state index contributed by atoms with van der Waals surface area (Å²) in [5, 5.41) is 0. The van der Waals surface area contributed by atoms with Gasteiger partial charge in [0.2, 0.25) is 0 Å². The van der Waals surface area contributed by atoms with Gasteiger partial charge in [0.05, 0.1) is 7.11 Å². The summed E-state index contributed by atoms with van der Waals surface area (Å²) in [6.45, 7) is 0. The van der Waals surface area contributed by atoms with Crippen LogP contribution in [0.4, 0.5) is 4.39 Å². The van der Waals surface area contributed by atoms with Crippen molar-refractivity contribution in [1.29, 1.82) is 0 Å². The number of benzene rings is 1. The molecule has 104 valence electrons. The largest absolute Gasteiger partial charge is 0.494 e. The van der Waals surface area contributed by atoms with E-state index in [9.17, 15) is 9.18 Å². The van der Waals surface area contributed by atoms with E-state index in [4.69, 9.17) is 10.5 Å². The van der Waals surface area contributed by atoms with E-state index < -0.39 is 5.82 Å². The maximum atomic E-state index is 14.0. The van der Waals surface area contributed by atoms with Crippen molar-refractivity contribution in [3.63, 3.8) is 0 Å². The first-order valence-electron chi connectivity index (χ1n) is 6.71. The third-order valence-corrected chi connectivity index (χ3v) is 3.86. The number of halogens is 1. The number of hydrogen-bond acceptors (Lipinski definition) is 3. The van der Waals surface area contributed by atoms with Crippen LogP contribution in [0.3, 0.4) is 0 Å². The fourth-order valence-corrected chi connectivity index (χ4v) is 2.62. The van der Waals surface area contributed by atoms with Crippen molar-refractivity contribution >= 4 is 5.78 Å². The molecule has 0 atom stereocenters. The molecule has 1 fully saturated rings. The molecule has 0 bridgehead atoms.